The number of rotatable bonds is 4. The molecule has 2 aromatic carbocycles. The molecule has 2 atom stereocenters. The number of nitrogens with zero attached hydrogens (tertiary/aromatic N) is 5. The summed E-state index contributed by atoms with van der Waals surface area (Å²) < 4.78 is 1.65. The molecule has 4 aromatic rings. The first kappa shape index (κ1) is 21.8. The van der Waals surface area contributed by atoms with Crippen LogP contribution < -0.4 is 5.32 Å². The van der Waals surface area contributed by atoms with Crippen LogP contribution in [0.1, 0.15) is 44.3 Å². The summed E-state index contributed by atoms with van der Waals surface area (Å²) in [5.41, 5.74) is 4.41. The van der Waals surface area contributed by atoms with Gasteiger partial charge < -0.3 is 10.2 Å². The van der Waals surface area contributed by atoms with Gasteiger partial charge in [-0.2, -0.15) is 5.10 Å². The molecule has 5 rings (SSSR count). The summed E-state index contributed by atoms with van der Waals surface area (Å²) in [5, 5.41) is 7.50. The van der Waals surface area contributed by atoms with Gasteiger partial charge in [0.15, 0.2) is 0 Å². The second-order valence-electron chi connectivity index (χ2n) is 8.70. The zero-order valence-corrected chi connectivity index (χ0v) is 19.2. The van der Waals surface area contributed by atoms with Crippen molar-refractivity contribution in [2.75, 3.05) is 13.1 Å². The van der Waals surface area contributed by atoms with Crippen molar-refractivity contribution in [1.29, 1.82) is 0 Å². The number of nitrogens with one attached hydrogen (secondary N) is 1. The number of likely N-dealkylation sites (tertiary alicyclic amines) is 1. The first-order valence-corrected chi connectivity index (χ1v) is 11.4. The molecule has 0 saturated carbocycles. The number of hydrogen-bond acceptors (Lipinski definition) is 5. The number of hydrogen-bond donors (Lipinski definition) is 1. The van der Waals surface area contributed by atoms with Crippen molar-refractivity contribution in [3.8, 4) is 0 Å². The third kappa shape index (κ3) is 4.26. The Kier molecular flexibility index (Phi) is 5.79. The molecule has 0 unspecified atom stereocenters. The largest absolute Gasteiger partial charge is 0.348 e. The molecule has 1 N–H and O–H groups in total. The number of piperidine rings is 1. The van der Waals surface area contributed by atoms with Crippen molar-refractivity contribution in [3.05, 3.63) is 89.5 Å². The molecule has 3 heterocycles. The normalized spacial score (nSPS) is 18.1. The lowest BCUT2D eigenvalue weighted by Gasteiger charge is -2.39. The van der Waals surface area contributed by atoms with Crippen LogP contribution in [0.4, 0.5) is 0 Å². The highest BCUT2D eigenvalue weighted by molar-refractivity contribution is 5.97. The summed E-state index contributed by atoms with van der Waals surface area (Å²) in [6.07, 6.45) is 5.66. The highest BCUT2D eigenvalue weighted by Gasteiger charge is 2.34. The summed E-state index contributed by atoms with van der Waals surface area (Å²) in [6, 6.07) is 15.4. The molecular formula is C26H26N6O2. The average molecular weight is 455 g/mol. The van der Waals surface area contributed by atoms with Crippen molar-refractivity contribution in [1.82, 2.24) is 30.0 Å². The number of amides is 2. The molecule has 0 aliphatic carbocycles. The standard InChI is InChI=1S/C26H26N6O2/c1-17-20(15-31(2)30-17)25(33)29-22-10-13-32(16-21(22)18-6-4-3-5-7-18)26(34)19-8-9-23-24(14-19)28-12-11-27-23/h3-9,11-12,14-15,21-22H,10,13,16H2,1-2H3,(H,29,33)/t21-,22-/m1/s1. The maximum Gasteiger partial charge on any atom is 0.254 e. The Hall–Kier alpha value is -4.07. The molecule has 1 fully saturated rings. The van der Waals surface area contributed by atoms with Gasteiger partial charge in [-0.15, -0.1) is 0 Å². The minimum absolute atomic E-state index is 0.0277. The molecule has 2 aromatic heterocycles. The first-order valence-electron chi connectivity index (χ1n) is 11.4. The fourth-order valence-electron chi connectivity index (χ4n) is 4.69. The molecule has 0 spiro atoms. The van der Waals surface area contributed by atoms with E-state index in [4.69, 9.17) is 0 Å². The highest BCUT2D eigenvalue weighted by Crippen LogP contribution is 2.29. The van der Waals surface area contributed by atoms with Crippen LogP contribution in [0.25, 0.3) is 11.0 Å². The molecule has 2 amide bonds. The Morgan fingerprint density at radius 2 is 1.79 bits per heavy atom. The van der Waals surface area contributed by atoms with Gasteiger partial charge in [-0.05, 0) is 37.1 Å². The van der Waals surface area contributed by atoms with Gasteiger partial charge in [0.1, 0.15) is 0 Å². The number of carbonyl (C=O) groups is 2. The molecular weight excluding hydrogens is 428 g/mol. The predicted octanol–water partition coefficient (Wildman–Crippen LogP) is 3.10. The summed E-state index contributed by atoms with van der Waals surface area (Å²) in [7, 11) is 1.80. The Morgan fingerprint density at radius 1 is 1.03 bits per heavy atom. The lowest BCUT2D eigenvalue weighted by Crippen LogP contribution is -2.51. The molecule has 8 nitrogen and oxygen atoms in total. The van der Waals surface area contributed by atoms with Crippen LogP contribution in [0.5, 0.6) is 0 Å². The molecule has 34 heavy (non-hydrogen) atoms. The van der Waals surface area contributed by atoms with E-state index in [1.54, 1.807) is 42.5 Å². The number of aromatic nitrogens is 4. The molecule has 0 bridgehead atoms. The molecule has 1 saturated heterocycles. The van der Waals surface area contributed by atoms with E-state index in [2.05, 4.69) is 32.5 Å². The van der Waals surface area contributed by atoms with Gasteiger partial charge in [-0.3, -0.25) is 24.2 Å². The Morgan fingerprint density at radius 3 is 2.53 bits per heavy atom. The van der Waals surface area contributed by atoms with E-state index in [0.717, 1.165) is 11.1 Å². The molecule has 1 aliphatic rings. The third-order valence-electron chi connectivity index (χ3n) is 6.42. The fraction of sp³-hybridized carbons (Fsp3) is 0.269. The van der Waals surface area contributed by atoms with Crippen LogP contribution in [0.3, 0.4) is 0 Å². The second-order valence-corrected chi connectivity index (χ2v) is 8.70. The van der Waals surface area contributed by atoms with E-state index < -0.39 is 0 Å². The van der Waals surface area contributed by atoms with Gasteiger partial charge in [0.2, 0.25) is 0 Å². The van der Waals surface area contributed by atoms with E-state index >= 15 is 0 Å². The molecule has 0 radical (unpaired) electrons. The smallest absolute Gasteiger partial charge is 0.254 e. The molecule has 172 valence electrons. The lowest BCUT2D eigenvalue weighted by atomic mass is 9.85. The van der Waals surface area contributed by atoms with E-state index in [1.165, 1.54) is 0 Å². The van der Waals surface area contributed by atoms with Crippen LogP contribution in [0, 0.1) is 6.92 Å². The van der Waals surface area contributed by atoms with Crippen LogP contribution in [-0.4, -0.2) is 55.6 Å². The van der Waals surface area contributed by atoms with E-state index in [1.807, 2.05) is 36.1 Å². The van der Waals surface area contributed by atoms with Gasteiger partial charge >= 0.3 is 0 Å². The van der Waals surface area contributed by atoms with Crippen molar-refractivity contribution >= 4 is 22.8 Å². The average Bonchev–Trinajstić information content (AvgIpc) is 3.22. The summed E-state index contributed by atoms with van der Waals surface area (Å²) in [4.78, 5) is 36.9. The minimum atomic E-state index is -0.135. The van der Waals surface area contributed by atoms with E-state index in [0.29, 0.717) is 41.8 Å². The summed E-state index contributed by atoms with van der Waals surface area (Å²) in [5.74, 6) is -0.203. The van der Waals surface area contributed by atoms with E-state index in [-0.39, 0.29) is 23.8 Å². The lowest BCUT2D eigenvalue weighted by molar-refractivity contribution is 0.0671. The Labute approximate surface area is 197 Å². The monoisotopic (exact) mass is 454 g/mol. The van der Waals surface area contributed by atoms with Crippen molar-refractivity contribution in [2.24, 2.45) is 7.05 Å². The van der Waals surface area contributed by atoms with Gasteiger partial charge in [0, 0.05) is 56.3 Å². The van der Waals surface area contributed by atoms with E-state index in [9.17, 15) is 9.59 Å². The van der Waals surface area contributed by atoms with Gasteiger partial charge in [0.05, 0.1) is 22.3 Å². The minimum Gasteiger partial charge on any atom is -0.348 e. The SMILES string of the molecule is Cc1nn(C)cc1C(=O)N[C@@H]1CCN(C(=O)c2ccc3nccnc3c2)C[C@@H]1c1ccccc1. The van der Waals surface area contributed by atoms with Crippen molar-refractivity contribution in [3.63, 3.8) is 0 Å². The Bertz CT molecular complexity index is 1350. The van der Waals surface area contributed by atoms with Gasteiger partial charge in [-0.25, -0.2) is 0 Å². The highest BCUT2D eigenvalue weighted by atomic mass is 16.2. The maximum atomic E-state index is 13.4. The zero-order valence-electron chi connectivity index (χ0n) is 19.2. The van der Waals surface area contributed by atoms with Crippen LogP contribution >= 0.6 is 0 Å². The molecule has 8 heteroatoms. The predicted molar refractivity (Wildman–Crippen MR) is 128 cm³/mol. The molecule has 1 aliphatic heterocycles. The second kappa shape index (κ2) is 9.05. The van der Waals surface area contributed by atoms with Crippen LogP contribution in [-0.2, 0) is 7.05 Å². The van der Waals surface area contributed by atoms with Crippen molar-refractivity contribution < 1.29 is 9.59 Å². The Balaban J connectivity index is 1.39. The number of benzene rings is 2. The van der Waals surface area contributed by atoms with Gasteiger partial charge in [-0.1, -0.05) is 30.3 Å². The topological polar surface area (TPSA) is 93.0 Å². The summed E-state index contributed by atoms with van der Waals surface area (Å²) >= 11 is 0. The fourth-order valence-corrected chi connectivity index (χ4v) is 4.69. The first-order chi connectivity index (χ1) is 16.5. The number of aryl methyl sites for hydroxylation is 2. The quantitative estimate of drug-likeness (QED) is 0.512. The summed E-state index contributed by atoms with van der Waals surface area (Å²) in [6.45, 7) is 2.90. The number of carbonyl (C=O) groups excluding carboxylic acids is 2. The van der Waals surface area contributed by atoms with Crippen LogP contribution in [0.2, 0.25) is 0 Å². The maximum absolute atomic E-state index is 13.4. The van der Waals surface area contributed by atoms with Crippen LogP contribution in [0.15, 0.2) is 67.1 Å². The third-order valence-corrected chi connectivity index (χ3v) is 6.42. The zero-order chi connectivity index (χ0) is 23.7. The van der Waals surface area contributed by atoms with Crippen molar-refractivity contribution in [2.45, 2.75) is 25.3 Å². The van der Waals surface area contributed by atoms with Gasteiger partial charge in [0.25, 0.3) is 11.8 Å². The number of fused-ring (bicyclic) bond motifs is 1.